The van der Waals surface area contributed by atoms with Crippen molar-refractivity contribution in [2.45, 2.75) is 19.9 Å². The van der Waals surface area contributed by atoms with Crippen LogP contribution in [0.4, 0.5) is 5.69 Å². The van der Waals surface area contributed by atoms with Crippen LogP contribution in [0.15, 0.2) is 29.1 Å². The van der Waals surface area contributed by atoms with Gasteiger partial charge >= 0.3 is 0 Å². The largest absolute Gasteiger partial charge is 0.482 e. The van der Waals surface area contributed by atoms with E-state index in [9.17, 15) is 9.59 Å². The molecule has 1 aromatic heterocycles. The molecule has 0 bridgehead atoms. The Morgan fingerprint density at radius 3 is 2.95 bits per heavy atom. The van der Waals surface area contributed by atoms with E-state index in [2.05, 4.69) is 4.98 Å². The Morgan fingerprint density at radius 1 is 1.48 bits per heavy atom. The van der Waals surface area contributed by atoms with Gasteiger partial charge in [-0.2, -0.15) is 0 Å². The number of hydrogen-bond acceptors (Lipinski definition) is 5. The fourth-order valence-corrected chi connectivity index (χ4v) is 2.85. The molecule has 108 valence electrons. The van der Waals surface area contributed by atoms with Crippen LogP contribution in [0.25, 0.3) is 11.3 Å². The maximum absolute atomic E-state index is 12.1. The van der Waals surface area contributed by atoms with Crippen molar-refractivity contribution in [3.63, 3.8) is 0 Å². The quantitative estimate of drug-likeness (QED) is 0.874. The zero-order chi connectivity index (χ0) is 15.0. The molecule has 1 amide bonds. The number of carbonyl (C=O) groups excluding carboxylic acids is 2. The molecule has 1 unspecified atom stereocenters. The van der Waals surface area contributed by atoms with Crippen LogP contribution in [0.2, 0.25) is 0 Å². The van der Waals surface area contributed by atoms with Gasteiger partial charge in [-0.05, 0) is 32.0 Å². The highest BCUT2D eigenvalue weighted by molar-refractivity contribution is 7.07. The van der Waals surface area contributed by atoms with E-state index in [1.165, 1.54) is 23.2 Å². The van der Waals surface area contributed by atoms with Gasteiger partial charge in [0.25, 0.3) is 5.91 Å². The molecular formula is C15H14N2O3S. The number of nitrogens with zero attached hydrogens (tertiary/aromatic N) is 2. The van der Waals surface area contributed by atoms with Crippen molar-refractivity contribution in [1.29, 1.82) is 0 Å². The highest BCUT2D eigenvalue weighted by Gasteiger charge is 2.31. The molecule has 1 aliphatic rings. The van der Waals surface area contributed by atoms with Crippen LogP contribution in [0.1, 0.15) is 13.8 Å². The molecule has 1 aromatic carbocycles. The minimum absolute atomic E-state index is 0.0410. The number of benzene rings is 1. The summed E-state index contributed by atoms with van der Waals surface area (Å²) in [6.45, 7) is 3.17. The van der Waals surface area contributed by atoms with E-state index < -0.39 is 6.04 Å². The number of carbonyl (C=O) groups is 2. The molecule has 21 heavy (non-hydrogen) atoms. The number of ether oxygens (including phenoxy) is 1. The van der Waals surface area contributed by atoms with Gasteiger partial charge in [-0.25, -0.2) is 4.98 Å². The third kappa shape index (κ3) is 2.42. The number of hydrogen-bond donors (Lipinski definition) is 0. The van der Waals surface area contributed by atoms with Crippen molar-refractivity contribution in [1.82, 2.24) is 4.98 Å². The summed E-state index contributed by atoms with van der Waals surface area (Å²) in [7, 11) is 0. The molecule has 2 heterocycles. The lowest BCUT2D eigenvalue weighted by Gasteiger charge is -2.33. The third-order valence-corrected chi connectivity index (χ3v) is 4.13. The molecule has 6 heteroatoms. The zero-order valence-electron chi connectivity index (χ0n) is 11.7. The normalized spacial score (nSPS) is 15.3. The molecule has 1 aliphatic heterocycles. The number of fused-ring (bicyclic) bond motifs is 1. The molecular weight excluding hydrogens is 288 g/mol. The van der Waals surface area contributed by atoms with E-state index in [4.69, 9.17) is 4.74 Å². The number of anilines is 1. The Bertz CT molecular complexity index is 697. The Morgan fingerprint density at radius 2 is 2.29 bits per heavy atom. The number of ketones is 1. The van der Waals surface area contributed by atoms with Gasteiger partial charge in [0.05, 0.1) is 22.9 Å². The average Bonchev–Trinajstić information content (AvgIpc) is 3.00. The topological polar surface area (TPSA) is 59.5 Å². The van der Waals surface area contributed by atoms with Crippen LogP contribution in [-0.2, 0) is 9.59 Å². The second-order valence-corrected chi connectivity index (χ2v) is 5.61. The first kappa shape index (κ1) is 13.8. The summed E-state index contributed by atoms with van der Waals surface area (Å²) in [6, 6.07) is 5.06. The minimum atomic E-state index is -0.508. The predicted molar refractivity (Wildman–Crippen MR) is 80.7 cm³/mol. The minimum Gasteiger partial charge on any atom is -0.482 e. The lowest BCUT2D eigenvalue weighted by Crippen LogP contribution is -2.47. The number of Topliss-reactive ketones (excluding diaryl/α,β-unsaturated/α-hetero) is 1. The van der Waals surface area contributed by atoms with E-state index in [-0.39, 0.29) is 18.3 Å². The SMILES string of the molecule is CC(=O)C(C)N1C(=O)COc2ccc(-c3cscn3)cc21. The monoisotopic (exact) mass is 302 g/mol. The Labute approximate surface area is 126 Å². The van der Waals surface area contributed by atoms with Gasteiger partial charge in [-0.3, -0.25) is 14.5 Å². The first-order valence-corrected chi connectivity index (χ1v) is 7.50. The second-order valence-electron chi connectivity index (χ2n) is 4.90. The van der Waals surface area contributed by atoms with Gasteiger partial charge in [0.1, 0.15) is 5.75 Å². The highest BCUT2D eigenvalue weighted by atomic mass is 32.1. The maximum Gasteiger partial charge on any atom is 0.265 e. The molecule has 0 N–H and O–H groups in total. The zero-order valence-corrected chi connectivity index (χ0v) is 12.5. The molecule has 0 saturated heterocycles. The van der Waals surface area contributed by atoms with E-state index >= 15 is 0 Å². The predicted octanol–water partition coefficient (Wildman–Crippen LogP) is 2.51. The lowest BCUT2D eigenvalue weighted by molar-refractivity contribution is -0.125. The molecule has 5 nitrogen and oxygen atoms in total. The van der Waals surface area contributed by atoms with Crippen molar-refractivity contribution in [2.24, 2.45) is 0 Å². The average molecular weight is 302 g/mol. The summed E-state index contributed by atoms with van der Waals surface area (Å²) in [4.78, 5) is 29.6. The molecule has 0 saturated carbocycles. The van der Waals surface area contributed by atoms with Crippen molar-refractivity contribution >= 4 is 28.7 Å². The fourth-order valence-electron chi connectivity index (χ4n) is 2.29. The summed E-state index contributed by atoms with van der Waals surface area (Å²) in [6.07, 6.45) is 0. The summed E-state index contributed by atoms with van der Waals surface area (Å²) >= 11 is 1.51. The molecule has 0 radical (unpaired) electrons. The molecule has 0 aliphatic carbocycles. The number of amides is 1. The Hall–Kier alpha value is -2.21. The number of thiazole rings is 1. The van der Waals surface area contributed by atoms with Crippen molar-refractivity contribution in [3.8, 4) is 17.0 Å². The van der Waals surface area contributed by atoms with Gasteiger partial charge in [0, 0.05) is 10.9 Å². The van der Waals surface area contributed by atoms with Crippen molar-refractivity contribution < 1.29 is 14.3 Å². The first-order chi connectivity index (χ1) is 10.1. The standard InChI is InChI=1S/C15H14N2O3S/c1-9(10(2)18)17-13-5-11(12-7-21-8-16-12)3-4-14(13)20-6-15(17)19/h3-5,7-9H,6H2,1-2H3. The van der Waals surface area contributed by atoms with E-state index in [0.29, 0.717) is 11.4 Å². The second kappa shape index (κ2) is 5.29. The van der Waals surface area contributed by atoms with Crippen LogP contribution in [0.5, 0.6) is 5.75 Å². The van der Waals surface area contributed by atoms with E-state index in [1.54, 1.807) is 12.4 Å². The molecule has 1 atom stereocenters. The van der Waals surface area contributed by atoms with Crippen LogP contribution >= 0.6 is 11.3 Å². The van der Waals surface area contributed by atoms with Gasteiger partial charge in [-0.15, -0.1) is 11.3 Å². The lowest BCUT2D eigenvalue weighted by atomic mass is 10.1. The summed E-state index contributed by atoms with van der Waals surface area (Å²) in [5.74, 6) is 0.345. The van der Waals surface area contributed by atoms with E-state index in [0.717, 1.165) is 11.3 Å². The van der Waals surface area contributed by atoms with Crippen LogP contribution < -0.4 is 9.64 Å². The summed E-state index contributed by atoms with van der Waals surface area (Å²) < 4.78 is 5.45. The van der Waals surface area contributed by atoms with Gasteiger partial charge in [0.2, 0.25) is 0 Å². The van der Waals surface area contributed by atoms with Crippen LogP contribution in [0.3, 0.4) is 0 Å². The maximum atomic E-state index is 12.1. The molecule has 0 spiro atoms. The van der Waals surface area contributed by atoms with Gasteiger partial charge < -0.3 is 4.74 Å². The number of aromatic nitrogens is 1. The summed E-state index contributed by atoms with van der Waals surface area (Å²) in [5.41, 5.74) is 4.12. The summed E-state index contributed by atoms with van der Waals surface area (Å²) in [5, 5.41) is 1.94. The fraction of sp³-hybridized carbons (Fsp3) is 0.267. The smallest absolute Gasteiger partial charge is 0.265 e. The third-order valence-electron chi connectivity index (χ3n) is 3.54. The van der Waals surface area contributed by atoms with E-state index in [1.807, 2.05) is 23.6 Å². The molecule has 3 rings (SSSR count). The molecule has 2 aromatic rings. The number of rotatable bonds is 3. The van der Waals surface area contributed by atoms with Crippen LogP contribution in [-0.4, -0.2) is 29.3 Å². The van der Waals surface area contributed by atoms with Crippen molar-refractivity contribution in [2.75, 3.05) is 11.5 Å². The highest BCUT2D eigenvalue weighted by Crippen LogP contribution is 2.37. The van der Waals surface area contributed by atoms with Gasteiger partial charge in [0.15, 0.2) is 12.4 Å². The Kier molecular flexibility index (Phi) is 3.47. The van der Waals surface area contributed by atoms with Crippen LogP contribution in [0, 0.1) is 0 Å². The van der Waals surface area contributed by atoms with Gasteiger partial charge in [-0.1, -0.05) is 0 Å². The van der Waals surface area contributed by atoms with Crippen molar-refractivity contribution in [3.05, 3.63) is 29.1 Å². The first-order valence-electron chi connectivity index (χ1n) is 6.56. The Balaban J connectivity index is 2.09. The molecule has 0 fully saturated rings.